The number of nitrogens with zero attached hydrogens (tertiary/aromatic N) is 3. The van der Waals surface area contributed by atoms with Gasteiger partial charge in [-0.3, -0.25) is 0 Å². The third-order valence-corrected chi connectivity index (χ3v) is 2.98. The molecule has 0 bridgehead atoms. The molecule has 1 fully saturated rings. The summed E-state index contributed by atoms with van der Waals surface area (Å²) in [7, 11) is 0. The van der Waals surface area contributed by atoms with Crippen molar-refractivity contribution in [3.8, 4) is 5.88 Å². The molecule has 1 unspecified atom stereocenters. The van der Waals surface area contributed by atoms with E-state index in [9.17, 15) is 4.79 Å². The predicted octanol–water partition coefficient (Wildman–Crippen LogP) is 1.84. The van der Waals surface area contributed by atoms with Crippen molar-refractivity contribution in [1.82, 2.24) is 15.1 Å². The number of likely N-dealkylation sites (tertiary alicyclic amines) is 1. The summed E-state index contributed by atoms with van der Waals surface area (Å²) in [6.07, 6.45) is 1.32. The lowest BCUT2D eigenvalue weighted by molar-refractivity contribution is 0.00712. The molecule has 2 rings (SSSR count). The van der Waals surface area contributed by atoms with Crippen LogP contribution in [0.1, 0.15) is 33.6 Å². The molecule has 7 nitrogen and oxygen atoms in total. The average molecular weight is 294 g/mol. The van der Waals surface area contributed by atoms with Gasteiger partial charge in [-0.25, -0.2) is 4.79 Å². The highest BCUT2D eigenvalue weighted by molar-refractivity contribution is 5.68. The zero-order valence-corrected chi connectivity index (χ0v) is 12.7. The van der Waals surface area contributed by atoms with Crippen LogP contribution in [0.15, 0.2) is 12.1 Å². The van der Waals surface area contributed by atoms with E-state index in [1.165, 1.54) is 0 Å². The molecule has 1 atom stereocenters. The van der Waals surface area contributed by atoms with E-state index in [-0.39, 0.29) is 12.2 Å². The molecule has 0 radical (unpaired) electrons. The highest BCUT2D eigenvalue weighted by Crippen LogP contribution is 2.19. The maximum Gasteiger partial charge on any atom is 0.410 e. The zero-order valence-electron chi connectivity index (χ0n) is 12.7. The van der Waals surface area contributed by atoms with Crippen molar-refractivity contribution in [3.05, 3.63) is 12.1 Å². The fourth-order valence-electron chi connectivity index (χ4n) is 2.09. The fraction of sp³-hybridized carbons (Fsp3) is 0.643. The smallest absolute Gasteiger partial charge is 0.410 e. The number of ether oxygens (including phenoxy) is 2. The molecule has 1 aliphatic heterocycles. The second-order valence-corrected chi connectivity index (χ2v) is 6.10. The minimum absolute atomic E-state index is 0.107. The Morgan fingerprint density at radius 3 is 2.76 bits per heavy atom. The Balaban J connectivity index is 1.91. The lowest BCUT2D eigenvalue weighted by Crippen LogP contribution is -2.46. The zero-order chi connectivity index (χ0) is 15.5. The highest BCUT2D eigenvalue weighted by atomic mass is 16.6. The number of anilines is 1. The van der Waals surface area contributed by atoms with E-state index >= 15 is 0 Å². The Morgan fingerprint density at radius 1 is 1.38 bits per heavy atom. The van der Waals surface area contributed by atoms with E-state index in [1.54, 1.807) is 17.0 Å². The number of carbonyl (C=O) groups excluding carboxylic acids is 1. The van der Waals surface area contributed by atoms with Gasteiger partial charge in [-0.2, -0.15) is 0 Å². The first-order valence-electron chi connectivity index (χ1n) is 7.07. The first-order valence-corrected chi connectivity index (χ1v) is 7.07. The molecule has 21 heavy (non-hydrogen) atoms. The normalized spacial score (nSPS) is 19.2. The van der Waals surface area contributed by atoms with Crippen LogP contribution in [0.5, 0.6) is 5.88 Å². The fourth-order valence-corrected chi connectivity index (χ4v) is 2.09. The molecule has 2 N–H and O–H groups in total. The molecular weight excluding hydrogens is 272 g/mol. The molecule has 0 aliphatic carbocycles. The van der Waals surface area contributed by atoms with Crippen LogP contribution in [0.4, 0.5) is 10.6 Å². The van der Waals surface area contributed by atoms with Gasteiger partial charge in [-0.05, 0) is 39.7 Å². The van der Waals surface area contributed by atoms with Crippen LogP contribution >= 0.6 is 0 Å². The summed E-state index contributed by atoms with van der Waals surface area (Å²) >= 11 is 0. The van der Waals surface area contributed by atoms with E-state index in [0.29, 0.717) is 24.8 Å². The molecule has 0 saturated carbocycles. The van der Waals surface area contributed by atoms with E-state index in [4.69, 9.17) is 15.2 Å². The molecule has 2 heterocycles. The molecule has 0 aromatic carbocycles. The summed E-state index contributed by atoms with van der Waals surface area (Å²) < 4.78 is 11.1. The Labute approximate surface area is 124 Å². The quantitative estimate of drug-likeness (QED) is 0.895. The topological polar surface area (TPSA) is 90.6 Å². The number of hydrogen-bond acceptors (Lipinski definition) is 6. The van der Waals surface area contributed by atoms with Crippen molar-refractivity contribution in [1.29, 1.82) is 0 Å². The number of aromatic nitrogens is 2. The van der Waals surface area contributed by atoms with Crippen LogP contribution in [0.25, 0.3) is 0 Å². The summed E-state index contributed by atoms with van der Waals surface area (Å²) in [5.74, 6) is 0.765. The van der Waals surface area contributed by atoms with Crippen molar-refractivity contribution >= 4 is 11.9 Å². The van der Waals surface area contributed by atoms with Crippen molar-refractivity contribution in [2.45, 2.75) is 45.3 Å². The van der Waals surface area contributed by atoms with Crippen LogP contribution in [0.3, 0.4) is 0 Å². The minimum Gasteiger partial charge on any atom is -0.471 e. The monoisotopic (exact) mass is 294 g/mol. The lowest BCUT2D eigenvalue weighted by Gasteiger charge is -2.33. The van der Waals surface area contributed by atoms with Gasteiger partial charge < -0.3 is 20.1 Å². The largest absolute Gasteiger partial charge is 0.471 e. The van der Waals surface area contributed by atoms with Crippen molar-refractivity contribution in [2.75, 3.05) is 18.8 Å². The highest BCUT2D eigenvalue weighted by Gasteiger charge is 2.28. The van der Waals surface area contributed by atoms with E-state index in [2.05, 4.69) is 10.2 Å². The Bertz CT molecular complexity index is 484. The summed E-state index contributed by atoms with van der Waals surface area (Å²) in [6.45, 7) is 6.73. The SMILES string of the molecule is CC(C)(C)OC(=O)N1CCCC(Oc2ccc(N)nn2)C1. The second-order valence-electron chi connectivity index (χ2n) is 6.10. The lowest BCUT2D eigenvalue weighted by atomic mass is 10.1. The second kappa shape index (κ2) is 6.15. The summed E-state index contributed by atoms with van der Waals surface area (Å²) in [4.78, 5) is 13.7. The summed E-state index contributed by atoms with van der Waals surface area (Å²) in [6, 6.07) is 3.31. The average Bonchev–Trinajstić information content (AvgIpc) is 2.40. The molecule has 116 valence electrons. The molecular formula is C14H22N4O3. The van der Waals surface area contributed by atoms with Gasteiger partial charge in [0.25, 0.3) is 0 Å². The number of nitrogen functional groups attached to an aromatic ring is 1. The van der Waals surface area contributed by atoms with Gasteiger partial charge in [0.05, 0.1) is 6.54 Å². The van der Waals surface area contributed by atoms with Crippen molar-refractivity contribution in [3.63, 3.8) is 0 Å². The van der Waals surface area contributed by atoms with Gasteiger partial charge in [0.2, 0.25) is 5.88 Å². The number of carbonyl (C=O) groups is 1. The third-order valence-electron chi connectivity index (χ3n) is 2.98. The number of rotatable bonds is 2. The van der Waals surface area contributed by atoms with Crippen LogP contribution in [0, 0.1) is 0 Å². The standard InChI is InChI=1S/C14H22N4O3/c1-14(2,3)21-13(19)18-8-4-5-10(9-18)20-12-7-6-11(15)16-17-12/h6-7,10H,4-5,8-9H2,1-3H3,(H2,15,16). The van der Waals surface area contributed by atoms with Gasteiger partial charge in [0.1, 0.15) is 17.5 Å². The van der Waals surface area contributed by atoms with E-state index < -0.39 is 5.60 Å². The van der Waals surface area contributed by atoms with Gasteiger partial charge in [-0.15, -0.1) is 10.2 Å². The van der Waals surface area contributed by atoms with Gasteiger partial charge in [0, 0.05) is 12.6 Å². The Kier molecular flexibility index (Phi) is 4.50. The molecule has 1 amide bonds. The molecule has 1 aromatic heterocycles. The molecule has 1 saturated heterocycles. The van der Waals surface area contributed by atoms with Gasteiger partial charge in [-0.1, -0.05) is 0 Å². The summed E-state index contributed by atoms with van der Waals surface area (Å²) in [5.41, 5.74) is 4.99. The minimum atomic E-state index is -0.493. The number of hydrogen-bond donors (Lipinski definition) is 1. The van der Waals surface area contributed by atoms with Crippen LogP contribution in [0.2, 0.25) is 0 Å². The number of amides is 1. The predicted molar refractivity (Wildman–Crippen MR) is 77.9 cm³/mol. The van der Waals surface area contributed by atoms with Gasteiger partial charge in [0.15, 0.2) is 0 Å². The molecule has 7 heteroatoms. The first kappa shape index (κ1) is 15.3. The summed E-state index contributed by atoms with van der Waals surface area (Å²) in [5, 5.41) is 7.61. The maximum atomic E-state index is 12.1. The molecule has 0 spiro atoms. The Morgan fingerprint density at radius 2 is 2.14 bits per heavy atom. The first-order chi connectivity index (χ1) is 9.83. The van der Waals surface area contributed by atoms with Crippen molar-refractivity contribution in [2.24, 2.45) is 0 Å². The third kappa shape index (κ3) is 4.77. The van der Waals surface area contributed by atoms with E-state index in [0.717, 1.165) is 12.8 Å². The number of piperidine rings is 1. The van der Waals surface area contributed by atoms with Gasteiger partial charge >= 0.3 is 6.09 Å². The Hall–Kier alpha value is -2.05. The molecule has 1 aromatic rings. The van der Waals surface area contributed by atoms with Crippen LogP contribution in [-0.2, 0) is 4.74 Å². The van der Waals surface area contributed by atoms with E-state index in [1.807, 2.05) is 20.8 Å². The van der Waals surface area contributed by atoms with Crippen molar-refractivity contribution < 1.29 is 14.3 Å². The van der Waals surface area contributed by atoms with Crippen LogP contribution < -0.4 is 10.5 Å². The number of nitrogens with two attached hydrogens (primary N) is 1. The maximum absolute atomic E-state index is 12.1. The van der Waals surface area contributed by atoms with Crippen LogP contribution in [-0.4, -0.2) is 46.0 Å². The molecule has 1 aliphatic rings.